The van der Waals surface area contributed by atoms with Crippen LogP contribution in [0, 0.1) is 6.92 Å². The molecule has 0 bridgehead atoms. The van der Waals surface area contributed by atoms with Gasteiger partial charge < -0.3 is 15.4 Å². The van der Waals surface area contributed by atoms with E-state index in [9.17, 15) is 4.79 Å². The van der Waals surface area contributed by atoms with Gasteiger partial charge in [-0.2, -0.15) is 0 Å². The van der Waals surface area contributed by atoms with E-state index in [1.54, 1.807) is 7.05 Å². The second-order valence-corrected chi connectivity index (χ2v) is 4.57. The Morgan fingerprint density at radius 1 is 1.50 bits per heavy atom. The largest absolute Gasteiger partial charge is 0.382 e. The normalized spacial score (nSPS) is 18.7. The van der Waals surface area contributed by atoms with E-state index in [4.69, 9.17) is 4.74 Å². The molecular formula is C14H20N2O2. The van der Waals surface area contributed by atoms with E-state index in [2.05, 4.69) is 10.6 Å². The van der Waals surface area contributed by atoms with Crippen LogP contribution in [0.2, 0.25) is 0 Å². The average Bonchev–Trinajstić information content (AvgIpc) is 2.90. The maximum absolute atomic E-state index is 11.7. The first-order valence-electron chi connectivity index (χ1n) is 6.39. The van der Waals surface area contributed by atoms with Crippen LogP contribution in [0.4, 0.5) is 5.69 Å². The molecule has 98 valence electrons. The first kappa shape index (κ1) is 12.9. The van der Waals surface area contributed by atoms with Crippen LogP contribution >= 0.6 is 0 Å². The number of rotatable bonds is 4. The molecule has 18 heavy (non-hydrogen) atoms. The molecule has 1 aromatic rings. The molecule has 0 saturated carbocycles. The number of ether oxygens (including phenoxy) is 1. The summed E-state index contributed by atoms with van der Waals surface area (Å²) in [5.41, 5.74) is 2.70. The predicted octanol–water partition coefficient (Wildman–Crippen LogP) is 1.95. The summed E-state index contributed by atoms with van der Waals surface area (Å²) >= 11 is 0. The summed E-state index contributed by atoms with van der Waals surface area (Å²) in [4.78, 5) is 11.7. The zero-order valence-corrected chi connectivity index (χ0v) is 11.0. The van der Waals surface area contributed by atoms with Crippen molar-refractivity contribution in [1.82, 2.24) is 5.32 Å². The maximum atomic E-state index is 11.7. The molecule has 1 amide bonds. The molecule has 4 heteroatoms. The molecule has 1 aliphatic rings. The summed E-state index contributed by atoms with van der Waals surface area (Å²) in [5.74, 6) is -0.0479. The number of hydrogen-bond donors (Lipinski definition) is 2. The molecule has 0 spiro atoms. The smallest absolute Gasteiger partial charge is 0.251 e. The Bertz CT molecular complexity index is 426. The van der Waals surface area contributed by atoms with Crippen molar-refractivity contribution < 1.29 is 9.53 Å². The Morgan fingerprint density at radius 3 is 3.00 bits per heavy atom. The standard InChI is InChI=1S/C14H20N2O2/c1-10-12(14(17)15-2)6-3-7-13(10)16-9-11-5-4-8-18-11/h3,6-7,11,16H,4-5,8-9H2,1-2H3,(H,15,17). The van der Waals surface area contributed by atoms with Gasteiger partial charge in [-0.3, -0.25) is 4.79 Å². The number of carbonyl (C=O) groups is 1. The van der Waals surface area contributed by atoms with E-state index in [-0.39, 0.29) is 5.91 Å². The second-order valence-electron chi connectivity index (χ2n) is 4.57. The average molecular weight is 248 g/mol. The first-order chi connectivity index (χ1) is 8.72. The molecular weight excluding hydrogens is 228 g/mol. The quantitative estimate of drug-likeness (QED) is 0.856. The number of hydrogen-bond acceptors (Lipinski definition) is 3. The van der Waals surface area contributed by atoms with Gasteiger partial charge in [0, 0.05) is 31.5 Å². The van der Waals surface area contributed by atoms with E-state index in [1.165, 1.54) is 0 Å². The molecule has 2 N–H and O–H groups in total. The monoisotopic (exact) mass is 248 g/mol. The van der Waals surface area contributed by atoms with E-state index in [0.29, 0.717) is 6.10 Å². The van der Waals surface area contributed by atoms with Gasteiger partial charge in [0.25, 0.3) is 5.91 Å². The Kier molecular flexibility index (Phi) is 4.20. The minimum Gasteiger partial charge on any atom is -0.382 e. The van der Waals surface area contributed by atoms with Crippen LogP contribution in [0.1, 0.15) is 28.8 Å². The molecule has 1 aliphatic heterocycles. The lowest BCUT2D eigenvalue weighted by molar-refractivity contribution is 0.0962. The minimum atomic E-state index is -0.0479. The van der Waals surface area contributed by atoms with Crippen LogP contribution in [0.25, 0.3) is 0 Å². The minimum absolute atomic E-state index is 0.0479. The van der Waals surface area contributed by atoms with Crippen LogP contribution in [0.3, 0.4) is 0 Å². The van der Waals surface area contributed by atoms with Crippen molar-refractivity contribution in [3.8, 4) is 0 Å². The SMILES string of the molecule is CNC(=O)c1cccc(NCC2CCCO2)c1C. The van der Waals surface area contributed by atoms with Crippen LogP contribution in [0.5, 0.6) is 0 Å². The lowest BCUT2D eigenvalue weighted by Gasteiger charge is -2.15. The van der Waals surface area contributed by atoms with Gasteiger partial charge in [0.05, 0.1) is 6.10 Å². The van der Waals surface area contributed by atoms with Gasteiger partial charge in [-0.1, -0.05) is 6.07 Å². The Balaban J connectivity index is 2.05. The van der Waals surface area contributed by atoms with Crippen molar-refractivity contribution in [2.24, 2.45) is 0 Å². The summed E-state index contributed by atoms with van der Waals surface area (Å²) in [6.07, 6.45) is 2.55. The Hall–Kier alpha value is -1.55. The van der Waals surface area contributed by atoms with Gasteiger partial charge in [0.15, 0.2) is 0 Å². The topological polar surface area (TPSA) is 50.4 Å². The molecule has 0 radical (unpaired) electrons. The summed E-state index contributed by atoms with van der Waals surface area (Å²) in [6, 6.07) is 5.73. The van der Waals surface area contributed by atoms with Crippen molar-refractivity contribution in [3.63, 3.8) is 0 Å². The summed E-state index contributed by atoms with van der Waals surface area (Å²) < 4.78 is 5.57. The Labute approximate surface area is 108 Å². The molecule has 1 saturated heterocycles. The predicted molar refractivity (Wildman–Crippen MR) is 72.0 cm³/mol. The van der Waals surface area contributed by atoms with Crippen LogP contribution in [0.15, 0.2) is 18.2 Å². The number of nitrogens with one attached hydrogen (secondary N) is 2. The fraction of sp³-hybridized carbons (Fsp3) is 0.500. The highest BCUT2D eigenvalue weighted by atomic mass is 16.5. The van der Waals surface area contributed by atoms with Gasteiger partial charge >= 0.3 is 0 Å². The lowest BCUT2D eigenvalue weighted by Crippen LogP contribution is -2.21. The zero-order chi connectivity index (χ0) is 13.0. The third-order valence-corrected chi connectivity index (χ3v) is 3.35. The van der Waals surface area contributed by atoms with Crippen molar-refractivity contribution >= 4 is 11.6 Å². The number of benzene rings is 1. The van der Waals surface area contributed by atoms with Crippen LogP contribution in [-0.2, 0) is 4.74 Å². The van der Waals surface area contributed by atoms with Gasteiger partial charge in [0.1, 0.15) is 0 Å². The van der Waals surface area contributed by atoms with Crippen molar-refractivity contribution in [1.29, 1.82) is 0 Å². The second kappa shape index (κ2) is 5.87. The third-order valence-electron chi connectivity index (χ3n) is 3.35. The number of carbonyl (C=O) groups excluding carboxylic acids is 1. The highest BCUT2D eigenvalue weighted by molar-refractivity contribution is 5.96. The van der Waals surface area contributed by atoms with E-state index in [0.717, 1.165) is 42.8 Å². The third kappa shape index (κ3) is 2.82. The molecule has 2 rings (SSSR count). The van der Waals surface area contributed by atoms with Crippen LogP contribution in [-0.4, -0.2) is 32.2 Å². The van der Waals surface area contributed by atoms with Gasteiger partial charge in [-0.05, 0) is 37.5 Å². The fourth-order valence-electron chi connectivity index (χ4n) is 2.24. The van der Waals surface area contributed by atoms with Gasteiger partial charge in [0.2, 0.25) is 0 Å². The summed E-state index contributed by atoms with van der Waals surface area (Å²) in [7, 11) is 1.65. The maximum Gasteiger partial charge on any atom is 0.251 e. The molecule has 0 aromatic heterocycles. The highest BCUT2D eigenvalue weighted by Gasteiger charge is 2.16. The van der Waals surface area contributed by atoms with Crippen molar-refractivity contribution in [2.45, 2.75) is 25.9 Å². The lowest BCUT2D eigenvalue weighted by atomic mass is 10.1. The number of anilines is 1. The molecule has 1 fully saturated rings. The highest BCUT2D eigenvalue weighted by Crippen LogP contribution is 2.20. The first-order valence-corrected chi connectivity index (χ1v) is 6.39. The van der Waals surface area contributed by atoms with E-state index in [1.807, 2.05) is 25.1 Å². The molecule has 4 nitrogen and oxygen atoms in total. The fourth-order valence-corrected chi connectivity index (χ4v) is 2.24. The summed E-state index contributed by atoms with van der Waals surface area (Å²) in [5, 5.41) is 6.02. The summed E-state index contributed by atoms with van der Waals surface area (Å²) in [6.45, 7) is 3.63. The van der Waals surface area contributed by atoms with Crippen molar-refractivity contribution in [2.75, 3.05) is 25.5 Å². The van der Waals surface area contributed by atoms with Gasteiger partial charge in [-0.15, -0.1) is 0 Å². The van der Waals surface area contributed by atoms with Crippen LogP contribution < -0.4 is 10.6 Å². The molecule has 1 unspecified atom stereocenters. The molecule has 0 aliphatic carbocycles. The number of amides is 1. The van der Waals surface area contributed by atoms with Crippen molar-refractivity contribution in [3.05, 3.63) is 29.3 Å². The Morgan fingerprint density at radius 2 is 2.33 bits per heavy atom. The van der Waals surface area contributed by atoms with E-state index < -0.39 is 0 Å². The van der Waals surface area contributed by atoms with E-state index >= 15 is 0 Å². The molecule has 1 atom stereocenters. The zero-order valence-electron chi connectivity index (χ0n) is 11.0. The molecule has 1 heterocycles. The van der Waals surface area contributed by atoms with Gasteiger partial charge in [-0.25, -0.2) is 0 Å². The molecule has 1 aromatic carbocycles.